The summed E-state index contributed by atoms with van der Waals surface area (Å²) in [5.41, 5.74) is 2.38. The Morgan fingerprint density at radius 1 is 0.919 bits per heavy atom. The number of carbonyl (C=O) groups excluding carboxylic acids is 2. The minimum absolute atomic E-state index is 0.174. The maximum atomic E-state index is 13.5. The van der Waals surface area contributed by atoms with Crippen LogP contribution in [-0.2, 0) is 16.1 Å². The molecular formula is C31H38BrN3O2. The molecule has 1 spiro atoms. The fraction of sp³-hybridized carbons (Fsp3) is 0.548. The molecule has 2 aromatic carbocycles. The SMILES string of the molecule is O=C(CC1CC1)N1C[C@H](CN2CCC3(CC2)CCN(Cc2ccc(Br)cc2)C3=O)[C@@H](c2ccccc2)C1. The second kappa shape index (κ2) is 10.5. The van der Waals surface area contributed by atoms with Gasteiger partial charge in [-0.3, -0.25) is 9.59 Å². The van der Waals surface area contributed by atoms with E-state index in [1.54, 1.807) is 0 Å². The van der Waals surface area contributed by atoms with Gasteiger partial charge in [0, 0.05) is 49.5 Å². The largest absolute Gasteiger partial charge is 0.342 e. The predicted octanol–water partition coefficient (Wildman–Crippen LogP) is 5.31. The predicted molar refractivity (Wildman–Crippen MR) is 149 cm³/mol. The van der Waals surface area contributed by atoms with E-state index in [4.69, 9.17) is 0 Å². The average molecular weight is 565 g/mol. The number of hydrogen-bond donors (Lipinski definition) is 0. The molecule has 2 amide bonds. The molecule has 0 radical (unpaired) electrons. The van der Waals surface area contributed by atoms with Crippen LogP contribution in [0.1, 0.15) is 55.6 Å². The summed E-state index contributed by atoms with van der Waals surface area (Å²) in [6.07, 6.45) is 6.07. The molecule has 4 fully saturated rings. The van der Waals surface area contributed by atoms with Crippen molar-refractivity contribution in [3.63, 3.8) is 0 Å². The molecule has 196 valence electrons. The van der Waals surface area contributed by atoms with E-state index in [-0.39, 0.29) is 5.41 Å². The van der Waals surface area contributed by atoms with Gasteiger partial charge >= 0.3 is 0 Å². The Labute approximate surface area is 229 Å². The molecule has 6 rings (SSSR count). The molecule has 1 aliphatic carbocycles. The van der Waals surface area contributed by atoms with Gasteiger partial charge in [0.1, 0.15) is 0 Å². The quantitative estimate of drug-likeness (QED) is 0.458. The molecule has 5 nitrogen and oxygen atoms in total. The zero-order valence-electron chi connectivity index (χ0n) is 21.7. The Morgan fingerprint density at radius 2 is 1.62 bits per heavy atom. The highest BCUT2D eigenvalue weighted by Gasteiger charge is 2.48. The fourth-order valence-corrected chi connectivity index (χ4v) is 7.11. The lowest BCUT2D eigenvalue weighted by Gasteiger charge is -2.39. The number of benzene rings is 2. The van der Waals surface area contributed by atoms with Gasteiger partial charge in [0.15, 0.2) is 0 Å². The van der Waals surface area contributed by atoms with Crippen LogP contribution in [0.5, 0.6) is 0 Å². The van der Waals surface area contributed by atoms with Crippen LogP contribution in [0.25, 0.3) is 0 Å². The van der Waals surface area contributed by atoms with Crippen molar-refractivity contribution in [2.75, 3.05) is 39.3 Å². The molecule has 3 aliphatic heterocycles. The number of rotatable bonds is 7. The third-order valence-corrected chi connectivity index (χ3v) is 9.90. The van der Waals surface area contributed by atoms with Gasteiger partial charge in [-0.2, -0.15) is 0 Å². The number of likely N-dealkylation sites (tertiary alicyclic amines) is 3. The van der Waals surface area contributed by atoms with E-state index >= 15 is 0 Å². The minimum Gasteiger partial charge on any atom is -0.342 e. The third-order valence-electron chi connectivity index (χ3n) is 9.38. The second-order valence-corrected chi connectivity index (χ2v) is 12.8. The molecule has 1 saturated carbocycles. The summed E-state index contributed by atoms with van der Waals surface area (Å²) in [5, 5.41) is 0. The summed E-state index contributed by atoms with van der Waals surface area (Å²) in [7, 11) is 0. The normalized spacial score (nSPS) is 25.8. The molecular weight excluding hydrogens is 526 g/mol. The summed E-state index contributed by atoms with van der Waals surface area (Å²) >= 11 is 3.50. The Morgan fingerprint density at radius 3 is 2.32 bits per heavy atom. The smallest absolute Gasteiger partial charge is 0.229 e. The highest BCUT2D eigenvalue weighted by molar-refractivity contribution is 9.10. The van der Waals surface area contributed by atoms with E-state index in [2.05, 4.69) is 85.2 Å². The van der Waals surface area contributed by atoms with Crippen LogP contribution in [0.4, 0.5) is 0 Å². The minimum atomic E-state index is -0.174. The summed E-state index contributed by atoms with van der Waals surface area (Å²) in [6, 6.07) is 19.1. The van der Waals surface area contributed by atoms with Gasteiger partial charge in [0.25, 0.3) is 0 Å². The zero-order valence-corrected chi connectivity index (χ0v) is 23.2. The van der Waals surface area contributed by atoms with Crippen LogP contribution in [-0.4, -0.2) is 65.8 Å². The highest BCUT2D eigenvalue weighted by Crippen LogP contribution is 2.43. The molecule has 0 aromatic heterocycles. The number of piperidine rings is 1. The standard InChI is InChI=1S/C31H38BrN3O2/c32-27-10-8-24(9-11-27)19-34-17-14-31(30(34)37)12-15-33(16-13-31)20-26-21-35(29(36)18-23-6-7-23)22-28(26)25-4-2-1-3-5-25/h1-5,8-11,23,26,28H,6-7,12-22H2/t26-,28+/m0/s1. The molecule has 37 heavy (non-hydrogen) atoms. The van der Waals surface area contributed by atoms with Gasteiger partial charge in [0.2, 0.25) is 11.8 Å². The third kappa shape index (κ3) is 5.51. The van der Waals surface area contributed by atoms with E-state index in [0.717, 1.165) is 69.4 Å². The first kappa shape index (κ1) is 25.1. The monoisotopic (exact) mass is 563 g/mol. The Kier molecular flexibility index (Phi) is 7.15. The van der Waals surface area contributed by atoms with Gasteiger partial charge in [-0.25, -0.2) is 0 Å². The van der Waals surface area contributed by atoms with Crippen LogP contribution in [0.15, 0.2) is 59.1 Å². The van der Waals surface area contributed by atoms with Gasteiger partial charge in [-0.1, -0.05) is 58.4 Å². The van der Waals surface area contributed by atoms with Crippen LogP contribution in [0, 0.1) is 17.3 Å². The number of hydrogen-bond acceptors (Lipinski definition) is 3. The number of halogens is 1. The number of nitrogens with zero attached hydrogens (tertiary/aromatic N) is 3. The summed E-state index contributed by atoms with van der Waals surface area (Å²) in [4.78, 5) is 33.3. The van der Waals surface area contributed by atoms with Gasteiger partial charge < -0.3 is 14.7 Å². The van der Waals surface area contributed by atoms with Crippen molar-refractivity contribution in [2.45, 2.75) is 51.0 Å². The summed E-state index contributed by atoms with van der Waals surface area (Å²) in [5.74, 6) is 2.19. The molecule has 0 bridgehead atoms. The van der Waals surface area contributed by atoms with Crippen LogP contribution in [0.3, 0.4) is 0 Å². The van der Waals surface area contributed by atoms with E-state index < -0.39 is 0 Å². The molecule has 2 atom stereocenters. The number of amides is 2. The van der Waals surface area contributed by atoms with Crippen LogP contribution >= 0.6 is 15.9 Å². The Balaban J connectivity index is 1.07. The maximum Gasteiger partial charge on any atom is 0.229 e. The van der Waals surface area contributed by atoms with Crippen molar-refractivity contribution in [2.24, 2.45) is 17.3 Å². The fourth-order valence-electron chi connectivity index (χ4n) is 6.85. The van der Waals surface area contributed by atoms with Crippen molar-refractivity contribution >= 4 is 27.7 Å². The molecule has 3 heterocycles. The van der Waals surface area contributed by atoms with Crippen LogP contribution < -0.4 is 0 Å². The zero-order chi connectivity index (χ0) is 25.4. The maximum absolute atomic E-state index is 13.5. The highest BCUT2D eigenvalue weighted by atomic mass is 79.9. The van der Waals surface area contributed by atoms with Crippen molar-refractivity contribution in [3.8, 4) is 0 Å². The average Bonchev–Trinajstić information content (AvgIpc) is 3.56. The van der Waals surface area contributed by atoms with E-state index in [0.29, 0.717) is 36.1 Å². The second-order valence-electron chi connectivity index (χ2n) is 11.9. The van der Waals surface area contributed by atoms with Gasteiger partial charge in [-0.15, -0.1) is 0 Å². The lowest BCUT2D eigenvalue weighted by Crippen LogP contribution is -2.46. The molecule has 2 aromatic rings. The first-order valence-corrected chi connectivity index (χ1v) is 14.9. The first-order chi connectivity index (χ1) is 18.0. The van der Waals surface area contributed by atoms with Crippen LogP contribution in [0.2, 0.25) is 0 Å². The van der Waals surface area contributed by atoms with E-state index in [1.165, 1.54) is 24.0 Å². The molecule has 6 heteroatoms. The molecule has 3 saturated heterocycles. The van der Waals surface area contributed by atoms with E-state index in [9.17, 15) is 9.59 Å². The molecule has 0 N–H and O–H groups in total. The van der Waals surface area contributed by atoms with Crippen molar-refractivity contribution in [1.29, 1.82) is 0 Å². The summed E-state index contributed by atoms with van der Waals surface area (Å²) in [6.45, 7) is 6.26. The topological polar surface area (TPSA) is 43.9 Å². The van der Waals surface area contributed by atoms with Crippen molar-refractivity contribution in [1.82, 2.24) is 14.7 Å². The van der Waals surface area contributed by atoms with Gasteiger partial charge in [0.05, 0.1) is 5.41 Å². The van der Waals surface area contributed by atoms with Crippen molar-refractivity contribution in [3.05, 3.63) is 70.2 Å². The molecule has 4 aliphatic rings. The number of carbonyl (C=O) groups is 2. The van der Waals surface area contributed by atoms with Gasteiger partial charge in [-0.05, 0) is 80.3 Å². The molecule has 0 unspecified atom stereocenters. The lowest BCUT2D eigenvalue weighted by molar-refractivity contribution is -0.139. The van der Waals surface area contributed by atoms with E-state index in [1.807, 2.05) is 0 Å². The van der Waals surface area contributed by atoms with Crippen molar-refractivity contribution < 1.29 is 9.59 Å². The Hall–Kier alpha value is -2.18. The summed E-state index contributed by atoms with van der Waals surface area (Å²) < 4.78 is 1.07. The lowest BCUT2D eigenvalue weighted by atomic mass is 9.76. The first-order valence-electron chi connectivity index (χ1n) is 14.1. The Bertz CT molecular complexity index is 1110.